The minimum atomic E-state index is -3.35. The predicted molar refractivity (Wildman–Crippen MR) is 86.4 cm³/mol. The number of carbonyl (C=O) groups is 1. The SMILES string of the molecule is CCCCS(=O)(=O)NCC(=O)NCCc1cccc(OC)c1. The summed E-state index contributed by atoms with van der Waals surface area (Å²) in [5, 5.41) is 2.69. The molecule has 0 aromatic heterocycles. The van der Waals surface area contributed by atoms with E-state index in [4.69, 9.17) is 4.74 Å². The van der Waals surface area contributed by atoms with Crippen molar-refractivity contribution in [2.24, 2.45) is 0 Å². The zero-order chi connectivity index (χ0) is 16.4. The van der Waals surface area contributed by atoms with Crippen LogP contribution in [-0.4, -0.2) is 40.3 Å². The quantitative estimate of drug-likeness (QED) is 0.673. The van der Waals surface area contributed by atoms with E-state index in [0.29, 0.717) is 19.4 Å². The fourth-order valence-electron chi connectivity index (χ4n) is 1.82. The molecule has 0 unspecified atom stereocenters. The fourth-order valence-corrected chi connectivity index (χ4v) is 2.98. The number of carbonyl (C=O) groups excluding carboxylic acids is 1. The van der Waals surface area contributed by atoms with Gasteiger partial charge in [-0.05, 0) is 30.5 Å². The molecule has 7 heteroatoms. The molecule has 0 aliphatic carbocycles. The van der Waals surface area contributed by atoms with E-state index in [2.05, 4.69) is 10.0 Å². The van der Waals surface area contributed by atoms with E-state index in [9.17, 15) is 13.2 Å². The Balaban J connectivity index is 2.28. The number of hydrogen-bond donors (Lipinski definition) is 2. The van der Waals surface area contributed by atoms with Crippen LogP contribution in [0, 0.1) is 0 Å². The normalized spacial score (nSPS) is 11.2. The lowest BCUT2D eigenvalue weighted by atomic mass is 10.1. The smallest absolute Gasteiger partial charge is 0.235 e. The minimum absolute atomic E-state index is 0.0561. The van der Waals surface area contributed by atoms with Gasteiger partial charge in [0, 0.05) is 6.54 Å². The van der Waals surface area contributed by atoms with E-state index in [1.54, 1.807) is 7.11 Å². The van der Waals surface area contributed by atoms with Gasteiger partial charge in [0.25, 0.3) is 0 Å². The molecule has 0 spiro atoms. The van der Waals surface area contributed by atoms with E-state index in [-0.39, 0.29) is 18.2 Å². The van der Waals surface area contributed by atoms with Gasteiger partial charge in [-0.3, -0.25) is 4.79 Å². The number of nitrogens with one attached hydrogen (secondary N) is 2. The van der Waals surface area contributed by atoms with Crippen molar-refractivity contribution < 1.29 is 17.9 Å². The number of ether oxygens (including phenoxy) is 1. The summed E-state index contributed by atoms with van der Waals surface area (Å²) in [6.45, 7) is 2.15. The summed E-state index contributed by atoms with van der Waals surface area (Å²) in [6, 6.07) is 7.59. The second-order valence-electron chi connectivity index (χ2n) is 4.95. The number of amides is 1. The first-order valence-corrected chi connectivity index (χ1v) is 8.99. The van der Waals surface area contributed by atoms with Crippen molar-refractivity contribution >= 4 is 15.9 Å². The van der Waals surface area contributed by atoms with Crippen LogP contribution in [0.4, 0.5) is 0 Å². The highest BCUT2D eigenvalue weighted by atomic mass is 32.2. The first-order valence-electron chi connectivity index (χ1n) is 7.34. The average Bonchev–Trinajstić information content (AvgIpc) is 2.51. The molecule has 1 aromatic carbocycles. The highest BCUT2D eigenvalue weighted by Gasteiger charge is 2.11. The molecule has 6 nitrogen and oxygen atoms in total. The molecule has 0 radical (unpaired) electrons. The summed E-state index contributed by atoms with van der Waals surface area (Å²) in [6.07, 6.45) is 2.05. The molecule has 22 heavy (non-hydrogen) atoms. The Kier molecular flexibility index (Phi) is 7.90. The Labute approximate surface area is 132 Å². The number of benzene rings is 1. The van der Waals surface area contributed by atoms with E-state index >= 15 is 0 Å². The van der Waals surface area contributed by atoms with Crippen molar-refractivity contribution in [2.45, 2.75) is 26.2 Å². The van der Waals surface area contributed by atoms with Gasteiger partial charge < -0.3 is 10.1 Å². The number of methoxy groups -OCH3 is 1. The van der Waals surface area contributed by atoms with Gasteiger partial charge in [0.05, 0.1) is 19.4 Å². The van der Waals surface area contributed by atoms with Crippen molar-refractivity contribution in [3.05, 3.63) is 29.8 Å². The third kappa shape index (κ3) is 7.42. The molecule has 1 aromatic rings. The Hall–Kier alpha value is -1.60. The molecule has 0 atom stereocenters. The van der Waals surface area contributed by atoms with Crippen molar-refractivity contribution in [1.29, 1.82) is 0 Å². The molecule has 2 N–H and O–H groups in total. The third-order valence-corrected chi connectivity index (χ3v) is 4.50. The average molecular weight is 328 g/mol. The van der Waals surface area contributed by atoms with Crippen LogP contribution in [0.1, 0.15) is 25.3 Å². The van der Waals surface area contributed by atoms with Crippen LogP contribution in [0.25, 0.3) is 0 Å². The molecule has 124 valence electrons. The maximum absolute atomic E-state index is 11.6. The number of rotatable bonds is 10. The summed E-state index contributed by atoms with van der Waals surface area (Å²) in [5.74, 6) is 0.496. The summed E-state index contributed by atoms with van der Waals surface area (Å²) in [4.78, 5) is 11.6. The van der Waals surface area contributed by atoms with Crippen LogP contribution < -0.4 is 14.8 Å². The van der Waals surface area contributed by atoms with Crippen LogP contribution in [0.15, 0.2) is 24.3 Å². The zero-order valence-corrected chi connectivity index (χ0v) is 13.9. The van der Waals surface area contributed by atoms with Gasteiger partial charge >= 0.3 is 0 Å². The zero-order valence-electron chi connectivity index (χ0n) is 13.1. The van der Waals surface area contributed by atoms with Gasteiger partial charge in [0.15, 0.2) is 0 Å². The van der Waals surface area contributed by atoms with Crippen molar-refractivity contribution in [2.75, 3.05) is 26.0 Å². The standard InChI is InChI=1S/C15H24N2O4S/c1-3-4-10-22(19,20)17-12-15(18)16-9-8-13-6-5-7-14(11-13)21-2/h5-7,11,17H,3-4,8-10,12H2,1-2H3,(H,16,18). The summed E-state index contributed by atoms with van der Waals surface area (Å²) < 4.78 is 30.5. The Morgan fingerprint density at radius 1 is 1.32 bits per heavy atom. The van der Waals surface area contributed by atoms with Gasteiger partial charge in [0.2, 0.25) is 15.9 Å². The molecule has 0 saturated carbocycles. The molecule has 0 bridgehead atoms. The molecule has 1 rings (SSSR count). The summed E-state index contributed by atoms with van der Waals surface area (Å²) in [5.41, 5.74) is 1.04. The second kappa shape index (κ2) is 9.42. The largest absolute Gasteiger partial charge is 0.497 e. The number of sulfonamides is 1. The Morgan fingerprint density at radius 2 is 2.09 bits per heavy atom. The first kappa shape index (κ1) is 18.4. The number of unbranched alkanes of at least 4 members (excludes halogenated alkanes) is 1. The van der Waals surface area contributed by atoms with Crippen molar-refractivity contribution in [1.82, 2.24) is 10.0 Å². The number of hydrogen-bond acceptors (Lipinski definition) is 4. The third-order valence-electron chi connectivity index (χ3n) is 3.09. The molecule has 1 amide bonds. The van der Waals surface area contributed by atoms with E-state index in [0.717, 1.165) is 17.7 Å². The van der Waals surface area contributed by atoms with Crippen molar-refractivity contribution in [3.8, 4) is 5.75 Å². The monoisotopic (exact) mass is 328 g/mol. The van der Waals surface area contributed by atoms with E-state index in [1.807, 2.05) is 31.2 Å². The highest BCUT2D eigenvalue weighted by molar-refractivity contribution is 7.89. The van der Waals surface area contributed by atoms with Gasteiger partial charge in [0.1, 0.15) is 5.75 Å². The van der Waals surface area contributed by atoms with Crippen molar-refractivity contribution in [3.63, 3.8) is 0 Å². The van der Waals surface area contributed by atoms with Gasteiger partial charge in [-0.2, -0.15) is 0 Å². The van der Waals surface area contributed by atoms with Gasteiger partial charge in [-0.15, -0.1) is 0 Å². The van der Waals surface area contributed by atoms with Crippen LogP contribution in [-0.2, 0) is 21.2 Å². The molecule has 0 fully saturated rings. The van der Waals surface area contributed by atoms with E-state index in [1.165, 1.54) is 0 Å². The molecule has 0 aliphatic rings. The van der Waals surface area contributed by atoms with Crippen LogP contribution >= 0.6 is 0 Å². The Morgan fingerprint density at radius 3 is 2.77 bits per heavy atom. The lowest BCUT2D eigenvalue weighted by Gasteiger charge is -2.08. The maximum atomic E-state index is 11.6. The summed E-state index contributed by atoms with van der Waals surface area (Å²) >= 11 is 0. The van der Waals surface area contributed by atoms with Crippen LogP contribution in [0.3, 0.4) is 0 Å². The molecule has 0 aliphatic heterocycles. The maximum Gasteiger partial charge on any atom is 0.235 e. The van der Waals surface area contributed by atoms with Gasteiger partial charge in [-0.25, -0.2) is 13.1 Å². The van der Waals surface area contributed by atoms with Crippen LogP contribution in [0.5, 0.6) is 5.75 Å². The molecular formula is C15H24N2O4S. The van der Waals surface area contributed by atoms with Gasteiger partial charge in [-0.1, -0.05) is 25.5 Å². The molecule has 0 heterocycles. The Bertz CT molecular complexity index is 573. The minimum Gasteiger partial charge on any atom is -0.497 e. The molecule has 0 saturated heterocycles. The second-order valence-corrected chi connectivity index (χ2v) is 6.87. The lowest BCUT2D eigenvalue weighted by Crippen LogP contribution is -2.38. The topological polar surface area (TPSA) is 84.5 Å². The van der Waals surface area contributed by atoms with Crippen LogP contribution in [0.2, 0.25) is 0 Å². The lowest BCUT2D eigenvalue weighted by molar-refractivity contribution is -0.119. The fraction of sp³-hybridized carbons (Fsp3) is 0.533. The highest BCUT2D eigenvalue weighted by Crippen LogP contribution is 2.12. The van der Waals surface area contributed by atoms with E-state index < -0.39 is 10.0 Å². The predicted octanol–water partition coefficient (Wildman–Crippen LogP) is 1.07. The molecular weight excluding hydrogens is 304 g/mol. The first-order chi connectivity index (χ1) is 10.5. The summed E-state index contributed by atoms with van der Waals surface area (Å²) in [7, 11) is -1.75.